The van der Waals surface area contributed by atoms with Gasteiger partial charge in [-0.1, -0.05) is 62.7 Å². The average molecular weight is 422 g/mol. The highest BCUT2D eigenvalue weighted by Gasteiger charge is 2.37. The summed E-state index contributed by atoms with van der Waals surface area (Å²) in [5.74, 6) is -1.49. The number of rotatable bonds is 10. The van der Waals surface area contributed by atoms with Gasteiger partial charge in [0.25, 0.3) is 5.91 Å². The predicted molar refractivity (Wildman–Crippen MR) is 119 cm³/mol. The van der Waals surface area contributed by atoms with Crippen molar-refractivity contribution in [2.24, 2.45) is 5.92 Å². The molecular weight excluding hydrogens is 378 g/mol. The fourth-order valence-electron chi connectivity index (χ4n) is 2.98. The Kier molecular flexibility index (Phi) is 4.91. The summed E-state index contributed by atoms with van der Waals surface area (Å²) in [6.45, 7) is -4.21. The number of hydrogen-bond acceptors (Lipinski definition) is 4. The van der Waals surface area contributed by atoms with E-state index in [2.05, 4.69) is 5.32 Å². The number of nitrogens with one attached hydrogen (secondary N) is 1. The Morgan fingerprint density at radius 2 is 1.80 bits per heavy atom. The van der Waals surface area contributed by atoms with Gasteiger partial charge < -0.3 is 20.3 Å². The van der Waals surface area contributed by atoms with Gasteiger partial charge in [-0.25, -0.2) is 0 Å². The van der Waals surface area contributed by atoms with Crippen molar-refractivity contribution >= 4 is 5.91 Å². The van der Waals surface area contributed by atoms with E-state index in [0.717, 1.165) is 13.3 Å². The molecule has 30 heavy (non-hydrogen) atoms. The number of hydrogen-bond donors (Lipinski definition) is 3. The molecule has 2 aromatic rings. The lowest BCUT2D eigenvalue weighted by atomic mass is 9.89. The molecule has 0 aliphatic heterocycles. The summed E-state index contributed by atoms with van der Waals surface area (Å²) < 4.78 is 69.1. The normalized spacial score (nSPS) is 21.0. The molecule has 5 heteroatoms. The second kappa shape index (κ2) is 10.1. The van der Waals surface area contributed by atoms with Gasteiger partial charge in [-0.3, -0.25) is 4.79 Å². The first-order valence-corrected chi connectivity index (χ1v) is 9.89. The van der Waals surface area contributed by atoms with Gasteiger partial charge in [0.15, 0.2) is 5.60 Å². The number of aliphatic hydroxyl groups is 2. The summed E-state index contributed by atoms with van der Waals surface area (Å²) in [7, 11) is 0. The van der Waals surface area contributed by atoms with E-state index in [-0.39, 0.29) is 16.9 Å². The minimum Gasteiger partial charge on any atom is -0.493 e. The molecule has 0 saturated heterocycles. The summed E-state index contributed by atoms with van der Waals surface area (Å²) in [6, 6.07) is 10.8. The molecule has 3 N–H and O–H groups in total. The second-order valence-electron chi connectivity index (χ2n) is 7.59. The molecule has 0 aliphatic carbocycles. The molecule has 2 rings (SSSR count). The molecule has 0 aromatic heterocycles. The van der Waals surface area contributed by atoms with Crippen LogP contribution in [0.4, 0.5) is 0 Å². The van der Waals surface area contributed by atoms with E-state index < -0.39 is 49.3 Å². The smallest absolute Gasteiger partial charge is 0.256 e. The lowest BCUT2D eigenvalue weighted by Gasteiger charge is -2.33. The highest BCUT2D eigenvalue weighted by Crippen LogP contribution is 2.29. The van der Waals surface area contributed by atoms with Gasteiger partial charge in [0.2, 0.25) is 0 Å². The fourth-order valence-corrected chi connectivity index (χ4v) is 2.98. The van der Waals surface area contributed by atoms with Gasteiger partial charge in [0.05, 0.1) is 20.9 Å². The number of amides is 1. The Balaban J connectivity index is 2.55. The maximum atomic E-state index is 13.2. The predicted octanol–water partition coefficient (Wildman–Crippen LogP) is 4.34. The zero-order valence-electron chi connectivity index (χ0n) is 25.5. The van der Waals surface area contributed by atoms with Crippen molar-refractivity contribution < 1.29 is 30.7 Å². The van der Waals surface area contributed by atoms with E-state index in [0.29, 0.717) is 6.42 Å². The Labute approximate surface area is 191 Å². The van der Waals surface area contributed by atoms with Gasteiger partial charge >= 0.3 is 0 Å². The Hall–Kier alpha value is -2.37. The van der Waals surface area contributed by atoms with Crippen molar-refractivity contribution in [3.63, 3.8) is 0 Å². The molecule has 3 atom stereocenters. The Morgan fingerprint density at radius 3 is 2.37 bits per heavy atom. The van der Waals surface area contributed by atoms with Crippen molar-refractivity contribution in [2.45, 2.75) is 64.6 Å². The Bertz CT molecular complexity index is 1060. The number of ether oxygens (including phenoxy) is 1. The molecule has 164 valence electrons. The van der Waals surface area contributed by atoms with Gasteiger partial charge in [-0.15, -0.1) is 0 Å². The molecule has 5 nitrogen and oxygen atoms in total. The molecular formula is C25H35NO4. The maximum absolute atomic E-state index is 13.2. The van der Waals surface area contributed by atoms with Crippen LogP contribution in [0.1, 0.15) is 75.5 Å². The van der Waals surface area contributed by atoms with E-state index in [1.807, 2.05) is 6.92 Å². The van der Waals surface area contributed by atoms with Crippen molar-refractivity contribution in [3.8, 4) is 5.75 Å². The molecule has 0 spiro atoms. The van der Waals surface area contributed by atoms with Crippen LogP contribution < -0.4 is 10.1 Å². The first-order valence-electron chi connectivity index (χ1n) is 13.9. The minimum absolute atomic E-state index is 0.0781. The lowest BCUT2D eigenvalue weighted by molar-refractivity contribution is -0.141. The van der Waals surface area contributed by atoms with E-state index in [4.69, 9.17) is 15.7 Å². The highest BCUT2D eigenvalue weighted by molar-refractivity contribution is 5.86. The van der Waals surface area contributed by atoms with Crippen LogP contribution in [-0.4, -0.2) is 28.3 Å². The average Bonchev–Trinajstić information content (AvgIpc) is 2.81. The van der Waals surface area contributed by atoms with E-state index in [1.165, 1.54) is 36.4 Å². The summed E-state index contributed by atoms with van der Waals surface area (Å²) in [6.07, 6.45) is 1.32. The zero-order valence-corrected chi connectivity index (χ0v) is 17.5. The molecule has 0 unspecified atom stereocenters. The van der Waals surface area contributed by atoms with E-state index >= 15 is 0 Å². The third kappa shape index (κ3) is 6.31. The molecule has 0 bridgehead atoms. The monoisotopic (exact) mass is 421 g/mol. The van der Waals surface area contributed by atoms with Crippen molar-refractivity contribution in [1.82, 2.24) is 5.32 Å². The SMILES string of the molecule is [2H]C([2H])(Oc1ccc([C@@H](NC(=O)[C@](C)(O)c2ccccc2)C(O)(C([2H])([2H])[2H])C([2H])([2H])[2H])cc1)[C@H](C)CCC. The zero-order chi connectivity index (χ0) is 29.2. The van der Waals surface area contributed by atoms with Gasteiger partial charge in [0.1, 0.15) is 5.75 Å². The molecule has 2 aromatic carbocycles. The largest absolute Gasteiger partial charge is 0.493 e. The quantitative estimate of drug-likeness (QED) is 0.533. The van der Waals surface area contributed by atoms with Crippen LogP contribution in [0.25, 0.3) is 0 Å². The van der Waals surface area contributed by atoms with Crippen LogP contribution in [0, 0.1) is 5.92 Å². The van der Waals surface area contributed by atoms with Crippen molar-refractivity contribution in [2.75, 3.05) is 6.56 Å². The van der Waals surface area contributed by atoms with E-state index in [9.17, 15) is 15.0 Å². The third-order valence-corrected chi connectivity index (χ3v) is 4.78. The fraction of sp³-hybridized carbons (Fsp3) is 0.480. The van der Waals surface area contributed by atoms with Crippen molar-refractivity contribution in [1.29, 1.82) is 0 Å². The summed E-state index contributed by atoms with van der Waals surface area (Å²) >= 11 is 0. The van der Waals surface area contributed by atoms with Crippen LogP contribution in [0.15, 0.2) is 54.6 Å². The van der Waals surface area contributed by atoms with E-state index in [1.54, 1.807) is 25.1 Å². The molecule has 1 amide bonds. The lowest BCUT2D eigenvalue weighted by Crippen LogP contribution is -2.49. The minimum atomic E-state index is -3.49. The third-order valence-electron chi connectivity index (χ3n) is 4.78. The first kappa shape index (κ1) is 14.6. The summed E-state index contributed by atoms with van der Waals surface area (Å²) in [5, 5.41) is 24.5. The number of benzene rings is 2. The molecule has 0 aliphatic rings. The van der Waals surface area contributed by atoms with Gasteiger partial charge in [-0.2, -0.15) is 0 Å². The topological polar surface area (TPSA) is 78.8 Å². The van der Waals surface area contributed by atoms with Crippen LogP contribution in [0.2, 0.25) is 0 Å². The van der Waals surface area contributed by atoms with Crippen LogP contribution in [-0.2, 0) is 10.4 Å². The summed E-state index contributed by atoms with van der Waals surface area (Å²) in [4.78, 5) is 13.2. The second-order valence-corrected chi connectivity index (χ2v) is 7.59. The van der Waals surface area contributed by atoms with Crippen LogP contribution in [0.5, 0.6) is 5.75 Å². The van der Waals surface area contributed by atoms with Gasteiger partial charge in [0, 0.05) is 8.22 Å². The standard InChI is InChI=1S/C25H35NO4/c1-6-10-18(2)17-30-21-15-13-19(14-16-21)22(24(3,4)28)26-23(27)25(5,29)20-11-8-7-9-12-20/h7-9,11-16,18,22,28-29H,6,10,17H2,1-5H3,(H,26,27)/t18-,22-,25-/m1/s1/i3D3,4D3,17D2. The molecule has 0 heterocycles. The first-order chi connectivity index (χ1) is 17.3. The van der Waals surface area contributed by atoms with Crippen LogP contribution in [0.3, 0.4) is 0 Å². The number of carbonyl (C=O) groups excluding carboxylic acids is 1. The van der Waals surface area contributed by atoms with Crippen LogP contribution >= 0.6 is 0 Å². The van der Waals surface area contributed by atoms with Crippen molar-refractivity contribution in [3.05, 3.63) is 65.7 Å². The molecule has 0 saturated carbocycles. The van der Waals surface area contributed by atoms with Gasteiger partial charge in [-0.05, 0) is 56.2 Å². The highest BCUT2D eigenvalue weighted by atomic mass is 16.5. The molecule has 0 radical (unpaired) electrons. The maximum Gasteiger partial charge on any atom is 0.256 e. The number of carbonyl (C=O) groups is 1. The molecule has 0 fully saturated rings. The summed E-state index contributed by atoms with van der Waals surface area (Å²) in [5.41, 5.74) is -5.59. The Morgan fingerprint density at radius 1 is 1.17 bits per heavy atom.